The molecule has 9 nitrogen and oxygen atoms in total. The number of aromatic nitrogens is 2. The van der Waals surface area contributed by atoms with Crippen molar-refractivity contribution in [3.05, 3.63) is 65.2 Å². The normalized spacial score (nSPS) is 21.9. The highest BCUT2D eigenvalue weighted by Gasteiger charge is 2.50. The number of sulfonamides is 1. The van der Waals surface area contributed by atoms with Gasteiger partial charge in [0.25, 0.3) is 15.9 Å². The second-order valence-electron chi connectivity index (χ2n) is 13.5. The molecule has 3 aromatic rings. The number of carbonyl (C=O) groups excluding carboxylic acids is 1. The lowest BCUT2D eigenvalue weighted by atomic mass is 9.59. The van der Waals surface area contributed by atoms with Crippen LogP contribution in [0.5, 0.6) is 5.88 Å². The molecule has 0 radical (unpaired) electrons. The monoisotopic (exact) mass is 617 g/mol. The lowest BCUT2D eigenvalue weighted by Gasteiger charge is -2.56. The molecule has 1 atom stereocenters. The number of nitrogens with zero attached hydrogens (tertiary/aromatic N) is 4. The summed E-state index contributed by atoms with van der Waals surface area (Å²) in [6, 6.07) is 13.9. The fourth-order valence-electron chi connectivity index (χ4n) is 7.27. The van der Waals surface area contributed by atoms with Crippen LogP contribution in [0.2, 0.25) is 0 Å². The Hall–Kier alpha value is -3.50. The summed E-state index contributed by atoms with van der Waals surface area (Å²) in [5, 5.41) is 0. The number of anilines is 1. The van der Waals surface area contributed by atoms with Crippen LogP contribution in [0.15, 0.2) is 53.4 Å². The zero-order chi connectivity index (χ0) is 31.2. The van der Waals surface area contributed by atoms with Crippen molar-refractivity contribution in [3.63, 3.8) is 0 Å². The average Bonchev–Trinajstić information content (AvgIpc) is 2.95. The highest BCUT2D eigenvalue weighted by atomic mass is 32.2. The molecule has 234 valence electrons. The quantitative estimate of drug-likeness (QED) is 0.401. The minimum Gasteiger partial charge on any atom is -0.475 e. The van der Waals surface area contributed by atoms with Gasteiger partial charge in [-0.05, 0) is 107 Å². The number of nitrogens with one attached hydrogen (secondary N) is 1. The van der Waals surface area contributed by atoms with Gasteiger partial charge in [0.2, 0.25) is 11.8 Å². The van der Waals surface area contributed by atoms with E-state index in [1.807, 2.05) is 36.9 Å². The van der Waals surface area contributed by atoms with Gasteiger partial charge in [0.05, 0.1) is 16.6 Å². The van der Waals surface area contributed by atoms with Crippen molar-refractivity contribution in [2.75, 3.05) is 31.5 Å². The van der Waals surface area contributed by atoms with Crippen molar-refractivity contribution in [2.24, 2.45) is 11.3 Å². The van der Waals surface area contributed by atoms with E-state index in [0.29, 0.717) is 17.2 Å². The maximum Gasteiger partial charge on any atom is 0.264 e. The number of ether oxygens (including phenoxy) is 1. The Labute approximate surface area is 261 Å². The Bertz CT molecular complexity index is 1640. The molecule has 1 N–H and O–H groups in total. The van der Waals surface area contributed by atoms with Gasteiger partial charge >= 0.3 is 0 Å². The van der Waals surface area contributed by atoms with Crippen LogP contribution in [0.3, 0.4) is 0 Å². The fraction of sp³-hybridized carbons (Fsp3) is 0.500. The number of hydrogen-bond acceptors (Lipinski definition) is 7. The van der Waals surface area contributed by atoms with Gasteiger partial charge in [0, 0.05) is 23.2 Å². The second kappa shape index (κ2) is 11.8. The molecule has 1 spiro atoms. The topological polar surface area (TPSA) is 105 Å². The predicted molar refractivity (Wildman–Crippen MR) is 171 cm³/mol. The van der Waals surface area contributed by atoms with Crippen molar-refractivity contribution in [1.82, 2.24) is 19.8 Å². The molecule has 1 aliphatic carbocycles. The summed E-state index contributed by atoms with van der Waals surface area (Å²) in [7, 11) is -1.93. The number of benzene rings is 2. The Morgan fingerprint density at radius 1 is 1.02 bits per heavy atom. The van der Waals surface area contributed by atoms with Crippen LogP contribution in [0.1, 0.15) is 67.4 Å². The van der Waals surface area contributed by atoms with E-state index in [1.54, 1.807) is 18.2 Å². The minimum absolute atomic E-state index is 0.00750. The Balaban J connectivity index is 1.44. The van der Waals surface area contributed by atoms with Crippen molar-refractivity contribution >= 4 is 21.9 Å². The fourth-order valence-corrected chi connectivity index (χ4v) is 8.26. The van der Waals surface area contributed by atoms with Gasteiger partial charge in [-0.1, -0.05) is 38.1 Å². The molecule has 2 aliphatic heterocycles. The number of rotatable bonds is 4. The molecule has 0 unspecified atom stereocenters. The van der Waals surface area contributed by atoms with E-state index < -0.39 is 10.0 Å². The van der Waals surface area contributed by atoms with Gasteiger partial charge in [-0.2, -0.15) is 4.98 Å². The van der Waals surface area contributed by atoms with E-state index >= 15 is 0 Å². The highest BCUT2D eigenvalue weighted by molar-refractivity contribution is 7.92. The molecule has 6 rings (SSSR count). The molecule has 3 aliphatic rings. The number of carbonyl (C=O) groups is 1. The summed E-state index contributed by atoms with van der Waals surface area (Å²) >= 11 is 0. The molecular formula is C34H43N5O4S. The molecule has 1 aromatic heterocycles. The van der Waals surface area contributed by atoms with Gasteiger partial charge in [-0.3, -0.25) is 4.79 Å². The molecule has 2 fully saturated rings. The van der Waals surface area contributed by atoms with E-state index in [4.69, 9.17) is 4.74 Å². The third-order valence-corrected chi connectivity index (χ3v) is 11.0. The van der Waals surface area contributed by atoms with Crippen molar-refractivity contribution in [1.29, 1.82) is 0 Å². The van der Waals surface area contributed by atoms with Crippen LogP contribution < -0.4 is 9.46 Å². The standard InChI is InChI=1S/C34H43N5O4S/c1-22(2)16-26-21-43-30-18-29(31-23(3)8-6-9-24(31)4)35-33(36-30)37-44(41,42)28-11-7-10-25(17-28)32(40)39(26)27-19-34(20-27)12-14-38(5)15-13-34/h6-11,17-18,22,26-27H,12-16,19-21H2,1-5H3,(H,35,36,37)/t26-/m1/s1. The second-order valence-corrected chi connectivity index (χ2v) is 15.2. The van der Waals surface area contributed by atoms with E-state index in [-0.39, 0.29) is 46.7 Å². The van der Waals surface area contributed by atoms with Crippen LogP contribution in [0.25, 0.3) is 11.3 Å². The maximum atomic E-state index is 14.4. The Morgan fingerprint density at radius 2 is 1.70 bits per heavy atom. The summed E-state index contributed by atoms with van der Waals surface area (Å²) in [6.07, 6.45) is 4.93. The number of fused-ring (bicyclic) bond motifs is 4. The van der Waals surface area contributed by atoms with E-state index in [1.165, 1.54) is 12.1 Å². The highest BCUT2D eigenvalue weighted by Crippen LogP contribution is 2.51. The summed E-state index contributed by atoms with van der Waals surface area (Å²) < 4.78 is 36.2. The first-order valence-corrected chi connectivity index (χ1v) is 17.1. The van der Waals surface area contributed by atoms with Gasteiger partial charge in [-0.25, -0.2) is 18.1 Å². The lowest BCUT2D eigenvalue weighted by molar-refractivity contribution is -0.0497. The first-order valence-electron chi connectivity index (χ1n) is 15.7. The summed E-state index contributed by atoms with van der Waals surface area (Å²) in [6.45, 7) is 10.7. The van der Waals surface area contributed by atoms with E-state index in [0.717, 1.165) is 61.9 Å². The van der Waals surface area contributed by atoms with Gasteiger partial charge < -0.3 is 14.5 Å². The largest absolute Gasteiger partial charge is 0.475 e. The van der Waals surface area contributed by atoms with Gasteiger partial charge in [0.15, 0.2) is 0 Å². The zero-order valence-electron chi connectivity index (χ0n) is 26.3. The number of likely N-dealkylation sites (tertiary alicyclic amines) is 1. The molecule has 2 aromatic carbocycles. The average molecular weight is 618 g/mol. The molecule has 10 heteroatoms. The molecule has 1 saturated heterocycles. The molecule has 4 bridgehead atoms. The van der Waals surface area contributed by atoms with Gasteiger partial charge in [-0.15, -0.1) is 0 Å². The molecule has 3 heterocycles. The minimum atomic E-state index is -4.10. The number of aryl methyl sites for hydroxylation is 2. The van der Waals surface area contributed by atoms with Crippen LogP contribution in [0.4, 0.5) is 5.95 Å². The van der Waals surface area contributed by atoms with Crippen molar-refractivity contribution < 1.29 is 17.9 Å². The smallest absolute Gasteiger partial charge is 0.264 e. The first kappa shape index (κ1) is 30.5. The molecule has 1 saturated carbocycles. The van der Waals surface area contributed by atoms with Crippen molar-refractivity contribution in [2.45, 2.75) is 76.8 Å². The maximum absolute atomic E-state index is 14.4. The molecule has 44 heavy (non-hydrogen) atoms. The van der Waals surface area contributed by atoms with Gasteiger partial charge in [0.1, 0.15) is 6.61 Å². The van der Waals surface area contributed by atoms with Crippen molar-refractivity contribution in [3.8, 4) is 17.1 Å². The molecular weight excluding hydrogens is 574 g/mol. The summed E-state index contributed by atoms with van der Waals surface area (Å²) in [4.78, 5) is 27.9. The van der Waals surface area contributed by atoms with Crippen LogP contribution in [-0.4, -0.2) is 72.9 Å². The number of hydrogen-bond donors (Lipinski definition) is 1. The predicted octanol–water partition coefficient (Wildman–Crippen LogP) is 5.68. The summed E-state index contributed by atoms with van der Waals surface area (Å²) in [5.41, 5.74) is 4.11. The van der Waals surface area contributed by atoms with E-state index in [9.17, 15) is 13.2 Å². The first-order chi connectivity index (χ1) is 20.9. The third-order valence-electron chi connectivity index (χ3n) is 9.63. The Kier molecular flexibility index (Phi) is 8.17. The zero-order valence-corrected chi connectivity index (χ0v) is 27.2. The number of piperidine rings is 1. The summed E-state index contributed by atoms with van der Waals surface area (Å²) in [5.74, 6) is 0.350. The lowest BCUT2D eigenvalue weighted by Crippen LogP contribution is -2.59. The SMILES string of the molecule is Cc1cccc(C)c1-c1cc2nc(n1)NS(=O)(=O)c1cccc(c1)C(=O)N(C1CC3(CCN(C)CC3)C1)[C@H](CC(C)C)CO2. The van der Waals surface area contributed by atoms with Crippen LogP contribution in [0, 0.1) is 25.2 Å². The molecule has 1 amide bonds. The number of amides is 1. The van der Waals surface area contributed by atoms with E-state index in [2.05, 4.69) is 40.5 Å². The van der Waals surface area contributed by atoms with Crippen LogP contribution >= 0.6 is 0 Å². The third kappa shape index (κ3) is 6.06. The Morgan fingerprint density at radius 3 is 2.39 bits per heavy atom. The van der Waals surface area contributed by atoms with Crippen LogP contribution in [-0.2, 0) is 10.0 Å².